The summed E-state index contributed by atoms with van der Waals surface area (Å²) < 4.78 is 42.8. The Kier molecular flexibility index (Phi) is 5.57. The number of benzene rings is 1. The van der Waals surface area contributed by atoms with Crippen LogP contribution in [0.4, 0.5) is 24.5 Å². The zero-order valence-electron chi connectivity index (χ0n) is 12.9. The second-order valence-electron chi connectivity index (χ2n) is 5.75. The van der Waals surface area contributed by atoms with Gasteiger partial charge in [0.05, 0.1) is 16.9 Å². The van der Waals surface area contributed by atoms with E-state index in [4.69, 9.17) is 4.74 Å². The zero-order chi connectivity index (χ0) is 17.8. The molecule has 0 unspecified atom stereocenters. The summed E-state index contributed by atoms with van der Waals surface area (Å²) in [5.74, 6) is -0.514. The summed E-state index contributed by atoms with van der Waals surface area (Å²) in [5.41, 5.74) is -2.56. The Morgan fingerprint density at radius 3 is 2.39 bits per heavy atom. The molecule has 0 heterocycles. The van der Waals surface area contributed by atoms with Crippen LogP contribution in [0.3, 0.4) is 0 Å². The van der Waals surface area contributed by atoms with Gasteiger partial charge in [-0.3, -0.25) is 14.9 Å². The van der Waals surface area contributed by atoms with Crippen LogP contribution in [-0.2, 0) is 15.7 Å². The van der Waals surface area contributed by atoms with Gasteiger partial charge in [-0.05, 0) is 32.9 Å². The van der Waals surface area contributed by atoms with E-state index >= 15 is 0 Å². The number of esters is 1. The fourth-order valence-electron chi connectivity index (χ4n) is 1.70. The molecule has 9 heteroatoms. The number of nitrogens with zero attached hydrogens (tertiary/aromatic N) is 1. The molecule has 1 aromatic carbocycles. The summed E-state index contributed by atoms with van der Waals surface area (Å²) in [6.45, 7) is 5.08. The minimum Gasteiger partial charge on any atom is -0.460 e. The molecule has 0 saturated heterocycles. The molecule has 1 N–H and O–H groups in total. The van der Waals surface area contributed by atoms with Crippen LogP contribution in [0.2, 0.25) is 0 Å². The molecule has 1 aromatic rings. The van der Waals surface area contributed by atoms with Gasteiger partial charge >= 0.3 is 12.1 Å². The Hall–Kier alpha value is -2.32. The van der Waals surface area contributed by atoms with E-state index in [-0.39, 0.29) is 18.7 Å². The van der Waals surface area contributed by atoms with Crippen molar-refractivity contribution in [1.82, 2.24) is 0 Å². The van der Waals surface area contributed by atoms with Crippen molar-refractivity contribution < 1.29 is 27.6 Å². The number of carbonyl (C=O) groups excluding carboxylic acids is 1. The third kappa shape index (κ3) is 6.13. The van der Waals surface area contributed by atoms with E-state index in [9.17, 15) is 28.1 Å². The third-order valence-electron chi connectivity index (χ3n) is 2.59. The van der Waals surface area contributed by atoms with Crippen molar-refractivity contribution in [3.05, 3.63) is 33.9 Å². The molecule has 0 amide bonds. The van der Waals surface area contributed by atoms with Gasteiger partial charge in [0, 0.05) is 12.6 Å². The first-order valence-corrected chi connectivity index (χ1v) is 6.71. The second kappa shape index (κ2) is 6.84. The van der Waals surface area contributed by atoms with Gasteiger partial charge in [0.15, 0.2) is 0 Å². The molecule has 0 aliphatic heterocycles. The summed E-state index contributed by atoms with van der Waals surface area (Å²) in [5, 5.41) is 13.5. The Labute approximate surface area is 130 Å². The molecule has 0 saturated carbocycles. The highest BCUT2D eigenvalue weighted by Crippen LogP contribution is 2.34. The number of nitro benzene ring substituents is 1. The van der Waals surface area contributed by atoms with Crippen molar-refractivity contribution in [2.24, 2.45) is 0 Å². The first-order valence-electron chi connectivity index (χ1n) is 6.71. The highest BCUT2D eigenvalue weighted by atomic mass is 19.4. The first-order chi connectivity index (χ1) is 10.4. The topological polar surface area (TPSA) is 81.5 Å². The lowest BCUT2D eigenvalue weighted by Crippen LogP contribution is -2.25. The van der Waals surface area contributed by atoms with Gasteiger partial charge in [0.1, 0.15) is 11.3 Å². The smallest absolute Gasteiger partial charge is 0.416 e. The lowest BCUT2D eigenvalue weighted by Gasteiger charge is -2.19. The highest BCUT2D eigenvalue weighted by Gasteiger charge is 2.33. The van der Waals surface area contributed by atoms with E-state index in [2.05, 4.69) is 5.32 Å². The number of halogens is 3. The Balaban J connectivity index is 2.77. The number of hydrogen-bond donors (Lipinski definition) is 1. The van der Waals surface area contributed by atoms with E-state index in [1.807, 2.05) is 0 Å². The second-order valence-corrected chi connectivity index (χ2v) is 5.75. The van der Waals surface area contributed by atoms with Crippen molar-refractivity contribution in [2.45, 2.75) is 39.0 Å². The summed E-state index contributed by atoms with van der Waals surface area (Å²) >= 11 is 0. The Bertz CT molecular complexity index is 595. The van der Waals surface area contributed by atoms with Crippen LogP contribution in [0.25, 0.3) is 0 Å². The van der Waals surface area contributed by atoms with Crippen LogP contribution in [0.5, 0.6) is 0 Å². The molecular formula is C14H17F3N2O4. The molecule has 23 heavy (non-hydrogen) atoms. The van der Waals surface area contributed by atoms with Crippen LogP contribution in [0, 0.1) is 10.1 Å². The van der Waals surface area contributed by atoms with E-state index in [0.717, 1.165) is 12.1 Å². The van der Waals surface area contributed by atoms with Crippen molar-refractivity contribution in [3.8, 4) is 0 Å². The van der Waals surface area contributed by atoms with E-state index < -0.39 is 33.9 Å². The molecule has 128 valence electrons. The van der Waals surface area contributed by atoms with Gasteiger partial charge in [-0.25, -0.2) is 0 Å². The quantitative estimate of drug-likeness (QED) is 0.504. The fourth-order valence-corrected chi connectivity index (χ4v) is 1.70. The average Bonchev–Trinajstić information content (AvgIpc) is 2.35. The molecule has 0 bridgehead atoms. The molecule has 0 atom stereocenters. The SMILES string of the molecule is CC(C)(C)OC(=O)CCNc1ccc(C(F)(F)F)cc1[N+](=O)[O-]. The number of rotatable bonds is 5. The van der Waals surface area contributed by atoms with Crippen molar-refractivity contribution in [1.29, 1.82) is 0 Å². The molecule has 0 radical (unpaired) electrons. The van der Waals surface area contributed by atoms with Gasteiger partial charge in [-0.2, -0.15) is 13.2 Å². The Morgan fingerprint density at radius 2 is 1.91 bits per heavy atom. The maximum Gasteiger partial charge on any atom is 0.416 e. The molecule has 0 aliphatic carbocycles. The first kappa shape index (κ1) is 18.7. The average molecular weight is 334 g/mol. The van der Waals surface area contributed by atoms with Gasteiger partial charge in [-0.15, -0.1) is 0 Å². The van der Waals surface area contributed by atoms with Gasteiger partial charge in [-0.1, -0.05) is 0 Å². The lowest BCUT2D eigenvalue weighted by molar-refractivity contribution is -0.384. The monoisotopic (exact) mass is 334 g/mol. The molecule has 0 fully saturated rings. The predicted molar refractivity (Wildman–Crippen MR) is 77.1 cm³/mol. The highest BCUT2D eigenvalue weighted by molar-refractivity contribution is 5.71. The van der Waals surface area contributed by atoms with Crippen LogP contribution in [-0.4, -0.2) is 23.0 Å². The predicted octanol–water partition coefficient (Wildman–Crippen LogP) is 3.76. The third-order valence-corrected chi connectivity index (χ3v) is 2.59. The number of nitro groups is 1. The number of nitrogens with one attached hydrogen (secondary N) is 1. The minimum absolute atomic E-state index is 0.00111. The van der Waals surface area contributed by atoms with Crippen LogP contribution in [0.1, 0.15) is 32.8 Å². The zero-order valence-corrected chi connectivity index (χ0v) is 12.9. The van der Waals surface area contributed by atoms with E-state index in [0.29, 0.717) is 6.07 Å². The van der Waals surface area contributed by atoms with Crippen LogP contribution in [0.15, 0.2) is 18.2 Å². The van der Waals surface area contributed by atoms with E-state index in [1.165, 1.54) is 0 Å². The maximum absolute atomic E-state index is 12.6. The summed E-state index contributed by atoms with van der Waals surface area (Å²) in [7, 11) is 0. The van der Waals surface area contributed by atoms with Crippen molar-refractivity contribution >= 4 is 17.3 Å². The lowest BCUT2D eigenvalue weighted by atomic mass is 10.1. The molecule has 6 nitrogen and oxygen atoms in total. The molecule has 0 spiro atoms. The summed E-state index contributed by atoms with van der Waals surface area (Å²) in [6.07, 6.45) is -4.74. The minimum atomic E-state index is -4.67. The normalized spacial score (nSPS) is 11.9. The van der Waals surface area contributed by atoms with Gasteiger partial charge in [0.25, 0.3) is 5.69 Å². The standard InChI is InChI=1S/C14H17F3N2O4/c1-13(2,3)23-12(20)6-7-18-10-5-4-9(14(15,16)17)8-11(10)19(21)22/h4-5,8,18H,6-7H2,1-3H3. The van der Waals surface area contributed by atoms with E-state index in [1.54, 1.807) is 20.8 Å². The molecule has 0 aliphatic rings. The molecule has 0 aromatic heterocycles. The number of hydrogen-bond acceptors (Lipinski definition) is 5. The Morgan fingerprint density at radius 1 is 1.30 bits per heavy atom. The van der Waals surface area contributed by atoms with Crippen LogP contribution >= 0.6 is 0 Å². The molecular weight excluding hydrogens is 317 g/mol. The number of ether oxygens (including phenoxy) is 1. The van der Waals surface area contributed by atoms with Gasteiger partial charge < -0.3 is 10.1 Å². The summed E-state index contributed by atoms with van der Waals surface area (Å²) in [6, 6.07) is 2.16. The number of anilines is 1. The maximum atomic E-state index is 12.6. The van der Waals surface area contributed by atoms with Gasteiger partial charge in [0.2, 0.25) is 0 Å². The van der Waals surface area contributed by atoms with Crippen LogP contribution < -0.4 is 5.32 Å². The van der Waals surface area contributed by atoms with Crippen molar-refractivity contribution in [3.63, 3.8) is 0 Å². The summed E-state index contributed by atoms with van der Waals surface area (Å²) in [4.78, 5) is 21.5. The number of carbonyl (C=O) groups is 1. The molecule has 1 rings (SSSR count). The largest absolute Gasteiger partial charge is 0.460 e. The van der Waals surface area contributed by atoms with Crippen molar-refractivity contribution in [2.75, 3.05) is 11.9 Å². The number of alkyl halides is 3. The fraction of sp³-hybridized carbons (Fsp3) is 0.500.